The molecule has 0 aromatic carbocycles. The van der Waals surface area contributed by atoms with Crippen molar-refractivity contribution in [3.63, 3.8) is 0 Å². The van der Waals surface area contributed by atoms with Gasteiger partial charge in [0.15, 0.2) is 6.61 Å². The Morgan fingerprint density at radius 3 is 1.29 bits per heavy atom. The third-order valence-corrected chi connectivity index (χ3v) is 4.19. The molecule has 0 aliphatic rings. The lowest BCUT2D eigenvalue weighted by Gasteiger charge is -2.42. The zero-order chi connectivity index (χ0) is 27.4. The molecule has 3 nitrogen and oxygen atoms in total. The molecule has 0 amide bonds. The van der Waals surface area contributed by atoms with Crippen molar-refractivity contribution in [2.45, 2.75) is 47.6 Å². The van der Waals surface area contributed by atoms with Crippen LogP contribution in [0.1, 0.15) is 0 Å². The largest absolute Gasteiger partial charge is 0.470 e. The van der Waals surface area contributed by atoms with E-state index in [-0.39, 0.29) is 4.60 Å². The van der Waals surface area contributed by atoms with E-state index in [0.717, 1.165) is 0 Å². The number of halogens is 18. The van der Waals surface area contributed by atoms with Crippen molar-refractivity contribution >= 4 is 15.9 Å². The van der Waals surface area contributed by atoms with Crippen molar-refractivity contribution in [3.05, 3.63) is 17.0 Å². The highest BCUT2D eigenvalue weighted by atomic mass is 79.9. The molecule has 0 radical (unpaired) electrons. The Morgan fingerprint density at radius 1 is 0.559 bits per heavy atom. The number of nitrogens with zero attached hydrogens (tertiary/aromatic N) is 2. The van der Waals surface area contributed by atoms with Crippen LogP contribution >= 0.6 is 15.9 Å². The molecule has 0 saturated heterocycles. The van der Waals surface area contributed by atoms with E-state index in [1.807, 2.05) is 0 Å². The molecule has 34 heavy (non-hydrogen) atoms. The molecule has 21 heteroatoms. The monoisotopic (exact) mass is 606 g/mol. The molecule has 0 bridgehead atoms. The molecular formula is C13H4BrF17N2O. The summed E-state index contributed by atoms with van der Waals surface area (Å²) in [6, 6.07) is 0. The maximum Gasteiger partial charge on any atom is 0.460 e. The molecule has 0 unspecified atom stereocenters. The van der Waals surface area contributed by atoms with Gasteiger partial charge in [-0.3, -0.25) is 0 Å². The Bertz CT molecular complexity index is 867. The van der Waals surface area contributed by atoms with Crippen LogP contribution in [-0.4, -0.2) is 64.2 Å². The lowest BCUT2D eigenvalue weighted by molar-refractivity contribution is -0.462. The summed E-state index contributed by atoms with van der Waals surface area (Å²) < 4.78 is 226. The summed E-state index contributed by atoms with van der Waals surface area (Å²) >= 11 is 2.64. The molecule has 0 saturated carbocycles. The first-order valence-corrected chi connectivity index (χ1v) is 8.33. The van der Waals surface area contributed by atoms with Crippen molar-refractivity contribution in [2.24, 2.45) is 0 Å². The fourth-order valence-electron chi connectivity index (χ4n) is 1.83. The zero-order valence-corrected chi connectivity index (χ0v) is 16.6. The quantitative estimate of drug-likeness (QED) is 0.296. The maximum absolute atomic E-state index is 13.6. The van der Waals surface area contributed by atoms with Crippen molar-refractivity contribution in [1.29, 1.82) is 0 Å². The summed E-state index contributed by atoms with van der Waals surface area (Å²) in [4.78, 5) is 6.26. The van der Waals surface area contributed by atoms with E-state index in [4.69, 9.17) is 0 Å². The van der Waals surface area contributed by atoms with E-state index >= 15 is 0 Å². The van der Waals surface area contributed by atoms with Crippen molar-refractivity contribution in [2.75, 3.05) is 6.61 Å². The number of hydrogen-bond acceptors (Lipinski definition) is 3. The summed E-state index contributed by atoms with van der Waals surface area (Å²) in [6.07, 6.45) is -6.80. The Labute approximate surface area is 183 Å². The smallest absolute Gasteiger partial charge is 0.460 e. The third kappa shape index (κ3) is 4.31. The van der Waals surface area contributed by atoms with E-state index in [2.05, 4.69) is 30.6 Å². The first kappa shape index (κ1) is 30.2. The fourth-order valence-corrected chi connectivity index (χ4v) is 2.03. The summed E-state index contributed by atoms with van der Waals surface area (Å²) in [5, 5.41) is 0. The molecule has 1 rings (SSSR count). The van der Waals surface area contributed by atoms with Crippen LogP contribution in [0.3, 0.4) is 0 Å². The predicted molar refractivity (Wildman–Crippen MR) is 75.9 cm³/mol. The van der Waals surface area contributed by atoms with Crippen LogP contribution in [0.15, 0.2) is 17.0 Å². The lowest BCUT2D eigenvalue weighted by Crippen LogP contribution is -2.74. The Hall–Kier alpha value is -1.83. The molecule has 1 aromatic rings. The second kappa shape index (κ2) is 8.38. The second-order valence-corrected chi connectivity index (χ2v) is 6.93. The summed E-state index contributed by atoms with van der Waals surface area (Å²) in [5.74, 6) is -58.0. The number of aromatic nitrogens is 2. The average molecular weight is 607 g/mol. The van der Waals surface area contributed by atoms with Gasteiger partial charge in [-0.25, -0.2) is 9.97 Å². The van der Waals surface area contributed by atoms with Gasteiger partial charge in [0.05, 0.1) is 12.4 Å². The highest BCUT2D eigenvalue weighted by Gasteiger charge is 2.95. The lowest BCUT2D eigenvalue weighted by atomic mass is 9.89. The third-order valence-electron chi connectivity index (χ3n) is 3.79. The van der Waals surface area contributed by atoms with Gasteiger partial charge in [-0.2, -0.15) is 74.6 Å². The zero-order valence-electron chi connectivity index (χ0n) is 15.0. The first-order chi connectivity index (χ1) is 14.7. The summed E-state index contributed by atoms with van der Waals surface area (Å²) in [5.41, 5.74) is 0. The number of alkyl halides is 17. The number of hydrogen-bond donors (Lipinski definition) is 0. The highest BCUT2D eigenvalue weighted by Crippen LogP contribution is 2.63. The minimum absolute atomic E-state index is 0.137. The first-order valence-electron chi connectivity index (χ1n) is 7.54. The van der Waals surface area contributed by atoms with Crippen molar-refractivity contribution < 1.29 is 79.4 Å². The molecule has 0 aliphatic heterocycles. The van der Waals surface area contributed by atoms with Gasteiger partial charge in [0.2, 0.25) is 5.88 Å². The van der Waals surface area contributed by atoms with Crippen molar-refractivity contribution in [3.8, 4) is 5.88 Å². The van der Waals surface area contributed by atoms with Gasteiger partial charge >= 0.3 is 47.6 Å². The molecule has 1 heterocycles. The molecule has 198 valence electrons. The molecule has 0 fully saturated rings. The van der Waals surface area contributed by atoms with E-state index in [1.165, 1.54) is 0 Å². The topological polar surface area (TPSA) is 35.0 Å². The Morgan fingerprint density at radius 2 is 0.941 bits per heavy atom. The van der Waals surface area contributed by atoms with E-state index in [9.17, 15) is 74.6 Å². The van der Waals surface area contributed by atoms with Crippen LogP contribution < -0.4 is 4.74 Å². The van der Waals surface area contributed by atoms with E-state index < -0.39 is 60.1 Å². The van der Waals surface area contributed by atoms with Crippen LogP contribution in [0, 0.1) is 0 Å². The van der Waals surface area contributed by atoms with Crippen molar-refractivity contribution in [1.82, 2.24) is 9.97 Å². The van der Waals surface area contributed by atoms with Crippen LogP contribution in [0.25, 0.3) is 0 Å². The highest BCUT2D eigenvalue weighted by molar-refractivity contribution is 9.10. The second-order valence-electron chi connectivity index (χ2n) is 6.11. The molecule has 1 aromatic heterocycles. The molecule has 0 spiro atoms. The van der Waals surface area contributed by atoms with Gasteiger partial charge in [-0.05, 0) is 15.9 Å². The summed E-state index contributed by atoms with van der Waals surface area (Å²) in [6.45, 7) is -3.08. The van der Waals surface area contributed by atoms with Gasteiger partial charge in [-0.1, -0.05) is 0 Å². The minimum Gasteiger partial charge on any atom is -0.470 e. The average Bonchev–Trinajstić information content (AvgIpc) is 2.65. The maximum atomic E-state index is 13.6. The van der Waals surface area contributed by atoms with E-state index in [1.54, 1.807) is 0 Å². The van der Waals surface area contributed by atoms with Gasteiger partial charge in [-0.15, -0.1) is 0 Å². The van der Waals surface area contributed by atoms with Crippen LogP contribution in [0.4, 0.5) is 74.6 Å². The molecular weight excluding hydrogens is 603 g/mol. The van der Waals surface area contributed by atoms with Crippen LogP contribution in [0.2, 0.25) is 0 Å². The van der Waals surface area contributed by atoms with Gasteiger partial charge in [0.1, 0.15) is 4.60 Å². The van der Waals surface area contributed by atoms with Crippen LogP contribution in [-0.2, 0) is 0 Å². The standard InChI is InChI=1S/C13H4BrF17N2O/c14-4-1-33-5(2-32-4)34-3-6(15,16)7(17,18)8(19,20)9(21,22)10(23,24)11(25,26)12(27,28)13(29,30)31/h1-2H,3H2. The molecule has 0 aliphatic carbocycles. The number of rotatable bonds is 9. The van der Waals surface area contributed by atoms with Gasteiger partial charge in [0.25, 0.3) is 0 Å². The Balaban J connectivity index is 3.45. The van der Waals surface area contributed by atoms with Gasteiger partial charge in [0, 0.05) is 0 Å². The van der Waals surface area contributed by atoms with E-state index in [0.29, 0.717) is 12.4 Å². The predicted octanol–water partition coefficient (Wildman–Crippen LogP) is 6.63. The Kier molecular flexibility index (Phi) is 7.45. The molecule has 0 N–H and O–H groups in total. The normalized spacial score (nSPS) is 15.5. The van der Waals surface area contributed by atoms with Crippen LogP contribution in [0.5, 0.6) is 5.88 Å². The minimum atomic E-state index is -8.67. The SMILES string of the molecule is FC(F)(F)C(F)(F)C(F)(F)C(F)(F)C(F)(F)C(F)(F)C(F)(F)C(F)(F)COc1cnc(Br)cn1. The van der Waals surface area contributed by atoms with Gasteiger partial charge < -0.3 is 4.74 Å². The molecule has 0 atom stereocenters. The fraction of sp³-hybridized carbons (Fsp3) is 0.692. The number of ether oxygens (including phenoxy) is 1. The summed E-state index contributed by atoms with van der Waals surface area (Å²) in [7, 11) is 0.